The van der Waals surface area contributed by atoms with Gasteiger partial charge in [-0.15, -0.1) is 0 Å². The molecule has 1 rings (SSSR count). The highest BCUT2D eigenvalue weighted by Crippen LogP contribution is 2.29. The molecule has 30 heavy (non-hydrogen) atoms. The Morgan fingerprint density at radius 1 is 0.567 bits per heavy atom. The molecule has 0 atom stereocenters. The number of aryl methyl sites for hydroxylation is 1. The lowest BCUT2D eigenvalue weighted by Gasteiger charge is -2.29. The van der Waals surface area contributed by atoms with E-state index in [0.717, 1.165) is 12.8 Å². The molecule has 0 aliphatic rings. The minimum absolute atomic E-state index is 0.147. The second-order valence-corrected chi connectivity index (χ2v) is 9.57. The van der Waals surface area contributed by atoms with Gasteiger partial charge in [0.2, 0.25) is 0 Å². The van der Waals surface area contributed by atoms with Crippen LogP contribution in [-0.2, 0) is 12.0 Å². The maximum Gasteiger partial charge on any atom is 0.0407 e. The smallest absolute Gasteiger partial charge is 0.0407 e. The first kappa shape index (κ1) is 27.2. The van der Waals surface area contributed by atoms with Crippen LogP contribution in [0, 0.1) is 0 Å². The maximum absolute atomic E-state index is 6.68. The highest BCUT2D eigenvalue weighted by Gasteiger charge is 2.24. The number of unbranched alkanes of at least 4 members (excludes halogenated alkanes) is 15. The minimum Gasteiger partial charge on any atom is -0.321 e. The van der Waals surface area contributed by atoms with Crippen molar-refractivity contribution in [3.8, 4) is 0 Å². The molecule has 0 bridgehead atoms. The zero-order valence-corrected chi connectivity index (χ0v) is 20.8. The zero-order chi connectivity index (χ0) is 21.9. The summed E-state index contributed by atoms with van der Waals surface area (Å²) in [6, 6.07) is 8.89. The van der Waals surface area contributed by atoms with E-state index < -0.39 is 0 Å². The van der Waals surface area contributed by atoms with Crippen LogP contribution >= 0.6 is 0 Å². The van der Waals surface area contributed by atoms with Gasteiger partial charge >= 0.3 is 0 Å². The van der Waals surface area contributed by atoms with E-state index in [2.05, 4.69) is 45.0 Å². The van der Waals surface area contributed by atoms with E-state index in [4.69, 9.17) is 5.73 Å². The van der Waals surface area contributed by atoms with Gasteiger partial charge in [0.15, 0.2) is 0 Å². The van der Waals surface area contributed by atoms with Gasteiger partial charge in [-0.05, 0) is 36.8 Å². The third-order valence-electron chi connectivity index (χ3n) is 7.12. The van der Waals surface area contributed by atoms with Gasteiger partial charge < -0.3 is 5.73 Å². The molecule has 0 unspecified atom stereocenters. The summed E-state index contributed by atoms with van der Waals surface area (Å²) in [6.07, 6.45) is 26.1. The monoisotopic (exact) mass is 415 g/mol. The molecule has 0 radical (unpaired) electrons. The number of benzene rings is 1. The molecule has 0 fully saturated rings. The molecule has 1 aromatic rings. The van der Waals surface area contributed by atoms with E-state index >= 15 is 0 Å². The normalized spacial score (nSPS) is 11.9. The van der Waals surface area contributed by atoms with Crippen LogP contribution in [0.2, 0.25) is 0 Å². The summed E-state index contributed by atoms with van der Waals surface area (Å²) in [5.74, 6) is 0. The van der Waals surface area contributed by atoms with Crippen LogP contribution in [0.3, 0.4) is 0 Å². The first-order valence-electron chi connectivity index (χ1n) is 13.5. The molecule has 0 saturated carbocycles. The van der Waals surface area contributed by atoms with Crippen LogP contribution in [0.4, 0.5) is 0 Å². The number of nitrogens with two attached hydrogens (primary N) is 1. The van der Waals surface area contributed by atoms with Gasteiger partial charge in [-0.3, -0.25) is 0 Å². The summed E-state index contributed by atoms with van der Waals surface area (Å²) in [5, 5.41) is 0. The molecule has 1 aromatic carbocycles. The van der Waals surface area contributed by atoms with E-state index in [1.807, 2.05) is 0 Å². The van der Waals surface area contributed by atoms with Crippen molar-refractivity contribution in [3.05, 3.63) is 35.4 Å². The molecule has 1 heteroatoms. The van der Waals surface area contributed by atoms with Crippen LogP contribution in [0.1, 0.15) is 147 Å². The molecule has 0 amide bonds. The third kappa shape index (κ3) is 11.5. The molecule has 0 aromatic heterocycles. The largest absolute Gasteiger partial charge is 0.321 e. The predicted molar refractivity (Wildman–Crippen MR) is 136 cm³/mol. The van der Waals surface area contributed by atoms with Gasteiger partial charge in [-0.25, -0.2) is 0 Å². The van der Waals surface area contributed by atoms with Gasteiger partial charge in [0.1, 0.15) is 0 Å². The molecule has 174 valence electrons. The second-order valence-electron chi connectivity index (χ2n) is 9.57. The quantitative estimate of drug-likeness (QED) is 0.211. The summed E-state index contributed by atoms with van der Waals surface area (Å²) in [4.78, 5) is 0. The van der Waals surface area contributed by atoms with Crippen molar-refractivity contribution in [2.75, 3.05) is 0 Å². The second kappa shape index (κ2) is 17.8. The van der Waals surface area contributed by atoms with Gasteiger partial charge in [-0.2, -0.15) is 0 Å². The van der Waals surface area contributed by atoms with Crippen LogP contribution in [-0.4, -0.2) is 0 Å². The minimum atomic E-state index is -0.147. The van der Waals surface area contributed by atoms with Gasteiger partial charge in [-0.1, -0.05) is 141 Å². The van der Waals surface area contributed by atoms with Crippen molar-refractivity contribution >= 4 is 0 Å². The lowest BCUT2D eigenvalue weighted by Crippen LogP contribution is -2.36. The Hall–Kier alpha value is -0.820. The van der Waals surface area contributed by atoms with Crippen molar-refractivity contribution < 1.29 is 0 Å². The number of hydrogen-bond acceptors (Lipinski definition) is 1. The molecule has 1 nitrogen and oxygen atoms in total. The standard InChI is InChI=1S/C29H53N/c1-4-7-8-9-10-11-12-13-14-15-16-17-18-19-20-21-24-27-25-22-23-26-28(27)29(30,5-2)6-3/h22-23,25-26H,4-21,24,30H2,1-3H3. The van der Waals surface area contributed by atoms with Crippen molar-refractivity contribution in [2.45, 2.75) is 148 Å². The topological polar surface area (TPSA) is 26.0 Å². The lowest BCUT2D eigenvalue weighted by molar-refractivity contribution is 0.408. The van der Waals surface area contributed by atoms with Gasteiger partial charge in [0, 0.05) is 5.54 Å². The van der Waals surface area contributed by atoms with Gasteiger partial charge in [0.25, 0.3) is 0 Å². The molecule has 0 spiro atoms. The molecular formula is C29H53N. The van der Waals surface area contributed by atoms with Crippen LogP contribution < -0.4 is 5.73 Å². The van der Waals surface area contributed by atoms with E-state index in [9.17, 15) is 0 Å². The average molecular weight is 416 g/mol. The Balaban J connectivity index is 2.00. The Kier molecular flexibility index (Phi) is 16.2. The van der Waals surface area contributed by atoms with Crippen molar-refractivity contribution in [3.63, 3.8) is 0 Å². The van der Waals surface area contributed by atoms with E-state index in [1.54, 1.807) is 0 Å². The third-order valence-corrected chi connectivity index (χ3v) is 7.12. The van der Waals surface area contributed by atoms with Crippen LogP contribution in [0.25, 0.3) is 0 Å². The highest BCUT2D eigenvalue weighted by molar-refractivity contribution is 5.33. The number of hydrogen-bond donors (Lipinski definition) is 1. The Labute approximate surface area is 189 Å². The molecule has 2 N–H and O–H groups in total. The fraction of sp³-hybridized carbons (Fsp3) is 0.793. The summed E-state index contributed by atoms with van der Waals surface area (Å²) in [5.41, 5.74) is 9.40. The summed E-state index contributed by atoms with van der Waals surface area (Å²) in [6.45, 7) is 6.73. The molecule has 0 saturated heterocycles. The fourth-order valence-electron chi connectivity index (χ4n) is 4.72. The maximum atomic E-state index is 6.68. The summed E-state index contributed by atoms with van der Waals surface area (Å²) in [7, 11) is 0. The fourth-order valence-corrected chi connectivity index (χ4v) is 4.72. The van der Waals surface area contributed by atoms with Crippen LogP contribution in [0.5, 0.6) is 0 Å². The van der Waals surface area contributed by atoms with E-state index in [0.29, 0.717) is 0 Å². The first-order chi connectivity index (χ1) is 14.7. The Bertz CT molecular complexity index is 503. The van der Waals surface area contributed by atoms with Crippen molar-refractivity contribution in [1.29, 1.82) is 0 Å². The summed E-state index contributed by atoms with van der Waals surface area (Å²) < 4.78 is 0. The van der Waals surface area contributed by atoms with Crippen LogP contribution in [0.15, 0.2) is 24.3 Å². The van der Waals surface area contributed by atoms with E-state index in [1.165, 1.54) is 120 Å². The van der Waals surface area contributed by atoms with E-state index in [-0.39, 0.29) is 5.54 Å². The molecule has 0 aliphatic carbocycles. The van der Waals surface area contributed by atoms with Crippen molar-refractivity contribution in [2.24, 2.45) is 5.73 Å². The SMILES string of the molecule is CCCCCCCCCCCCCCCCCCc1ccccc1C(N)(CC)CC. The highest BCUT2D eigenvalue weighted by atomic mass is 14.7. The average Bonchev–Trinajstić information content (AvgIpc) is 2.78. The zero-order valence-electron chi connectivity index (χ0n) is 20.8. The number of rotatable bonds is 20. The summed E-state index contributed by atoms with van der Waals surface area (Å²) >= 11 is 0. The van der Waals surface area contributed by atoms with Gasteiger partial charge in [0.05, 0.1) is 0 Å². The molecule has 0 aliphatic heterocycles. The Morgan fingerprint density at radius 3 is 1.40 bits per heavy atom. The molecular weight excluding hydrogens is 362 g/mol. The Morgan fingerprint density at radius 2 is 0.967 bits per heavy atom. The van der Waals surface area contributed by atoms with Crippen molar-refractivity contribution in [1.82, 2.24) is 0 Å². The lowest BCUT2D eigenvalue weighted by atomic mass is 9.82. The predicted octanol–water partition coefficient (Wildman–Crippen LogP) is 9.46. The first-order valence-corrected chi connectivity index (χ1v) is 13.5. The molecule has 0 heterocycles.